The number of benzene rings is 1. The molecule has 1 amide bonds. The molecule has 1 aliphatic heterocycles. The Morgan fingerprint density at radius 2 is 1.86 bits per heavy atom. The highest BCUT2D eigenvalue weighted by Crippen LogP contribution is 2.08. The number of sulfonamides is 1. The molecule has 1 heterocycles. The lowest BCUT2D eigenvalue weighted by molar-refractivity contribution is -0.901. The maximum atomic E-state index is 12.1. The van der Waals surface area contributed by atoms with Crippen LogP contribution in [-0.4, -0.2) is 40.0 Å². The first-order chi connectivity index (χ1) is 10.4. The van der Waals surface area contributed by atoms with Gasteiger partial charge in [-0.25, -0.2) is 13.6 Å². The van der Waals surface area contributed by atoms with Crippen LogP contribution < -0.4 is 15.4 Å². The van der Waals surface area contributed by atoms with Gasteiger partial charge in [0.2, 0.25) is 10.0 Å². The lowest BCUT2D eigenvalue weighted by Crippen LogP contribution is -3.15. The molecule has 0 bridgehead atoms. The van der Waals surface area contributed by atoms with Gasteiger partial charge in [-0.05, 0) is 31.0 Å². The number of hydrogen-bond donors (Lipinski definition) is 3. The van der Waals surface area contributed by atoms with Gasteiger partial charge in [-0.3, -0.25) is 4.79 Å². The molecular weight excluding hydrogens is 302 g/mol. The number of primary sulfonamides is 1. The average molecular weight is 326 g/mol. The Bertz CT molecular complexity index is 607. The fourth-order valence-electron chi connectivity index (χ4n) is 2.78. The largest absolute Gasteiger partial charge is 0.351 e. The Balaban J connectivity index is 1.79. The number of nitrogens with one attached hydrogen (secondary N) is 2. The minimum absolute atomic E-state index is 0.00717. The molecular formula is C15H24N3O3S+. The van der Waals surface area contributed by atoms with Crippen molar-refractivity contribution in [2.24, 2.45) is 5.14 Å². The maximum Gasteiger partial charge on any atom is 0.278 e. The fraction of sp³-hybridized carbons (Fsp3) is 0.533. The molecule has 0 unspecified atom stereocenters. The van der Waals surface area contributed by atoms with Gasteiger partial charge >= 0.3 is 0 Å². The van der Waals surface area contributed by atoms with Crippen molar-refractivity contribution in [1.82, 2.24) is 5.32 Å². The van der Waals surface area contributed by atoms with E-state index < -0.39 is 10.0 Å². The van der Waals surface area contributed by atoms with E-state index in [-0.39, 0.29) is 16.8 Å². The number of hydrogen-bond acceptors (Lipinski definition) is 3. The topological polar surface area (TPSA) is 93.7 Å². The van der Waals surface area contributed by atoms with Gasteiger partial charge in [-0.1, -0.05) is 12.1 Å². The second kappa shape index (κ2) is 7.21. The van der Waals surface area contributed by atoms with Crippen molar-refractivity contribution in [3.63, 3.8) is 0 Å². The first-order valence-electron chi connectivity index (χ1n) is 7.62. The number of carbonyl (C=O) groups excluding carboxylic acids is 1. The Labute approximate surface area is 131 Å². The first kappa shape index (κ1) is 16.9. The van der Waals surface area contributed by atoms with Crippen LogP contribution in [0.1, 0.15) is 25.3 Å². The summed E-state index contributed by atoms with van der Waals surface area (Å²) in [7, 11) is -3.65. The van der Waals surface area contributed by atoms with Gasteiger partial charge in [0.25, 0.3) is 5.91 Å². The molecule has 1 aromatic carbocycles. The van der Waals surface area contributed by atoms with Crippen molar-refractivity contribution >= 4 is 15.9 Å². The van der Waals surface area contributed by atoms with E-state index >= 15 is 0 Å². The highest BCUT2D eigenvalue weighted by Gasteiger charge is 2.27. The predicted molar refractivity (Wildman–Crippen MR) is 83.9 cm³/mol. The minimum atomic E-state index is -3.65. The van der Waals surface area contributed by atoms with E-state index in [1.165, 1.54) is 29.9 Å². The molecule has 1 saturated heterocycles. The van der Waals surface area contributed by atoms with Crippen molar-refractivity contribution in [3.8, 4) is 0 Å². The summed E-state index contributed by atoms with van der Waals surface area (Å²) in [5.41, 5.74) is 0.967. The Hall–Kier alpha value is -1.44. The normalized spacial score (nSPS) is 17.4. The van der Waals surface area contributed by atoms with Crippen molar-refractivity contribution in [1.29, 1.82) is 0 Å². The Kier molecular flexibility index (Phi) is 5.55. The van der Waals surface area contributed by atoms with E-state index in [9.17, 15) is 13.2 Å². The molecule has 0 aromatic heterocycles. The lowest BCUT2D eigenvalue weighted by atomic mass is 10.1. The van der Waals surface area contributed by atoms with Gasteiger partial charge < -0.3 is 10.2 Å². The molecule has 1 aromatic rings. The van der Waals surface area contributed by atoms with Crippen LogP contribution in [0.4, 0.5) is 0 Å². The molecule has 22 heavy (non-hydrogen) atoms. The van der Waals surface area contributed by atoms with E-state index in [1.54, 1.807) is 12.1 Å². The average Bonchev–Trinajstić information content (AvgIpc) is 3.00. The van der Waals surface area contributed by atoms with E-state index in [2.05, 4.69) is 5.32 Å². The second-order valence-corrected chi connectivity index (χ2v) is 7.38. The number of quaternary nitrogens is 1. The zero-order valence-corrected chi connectivity index (χ0v) is 13.7. The monoisotopic (exact) mass is 326 g/mol. The quantitative estimate of drug-likeness (QED) is 0.630. The summed E-state index contributed by atoms with van der Waals surface area (Å²) >= 11 is 0. The van der Waals surface area contributed by atoms with Gasteiger partial charge in [-0.2, -0.15) is 0 Å². The summed E-state index contributed by atoms with van der Waals surface area (Å²) in [6, 6.07) is 6.42. The van der Waals surface area contributed by atoms with Crippen LogP contribution >= 0.6 is 0 Å². The minimum Gasteiger partial charge on any atom is -0.351 e. The Morgan fingerprint density at radius 1 is 1.27 bits per heavy atom. The number of likely N-dealkylation sites (tertiary alicyclic amines) is 1. The van der Waals surface area contributed by atoms with Gasteiger partial charge in [0.15, 0.2) is 6.04 Å². The summed E-state index contributed by atoms with van der Waals surface area (Å²) in [4.78, 5) is 13.5. The van der Waals surface area contributed by atoms with Crippen LogP contribution in [0.3, 0.4) is 0 Å². The van der Waals surface area contributed by atoms with Gasteiger partial charge in [-0.15, -0.1) is 0 Å². The van der Waals surface area contributed by atoms with Crippen LogP contribution in [-0.2, 0) is 21.2 Å². The molecule has 6 nitrogen and oxygen atoms in total. The zero-order valence-electron chi connectivity index (χ0n) is 12.8. The number of rotatable bonds is 6. The van der Waals surface area contributed by atoms with Crippen molar-refractivity contribution in [2.75, 3.05) is 19.6 Å². The summed E-state index contributed by atoms with van der Waals surface area (Å²) in [6.07, 6.45) is 3.06. The summed E-state index contributed by atoms with van der Waals surface area (Å²) in [6.45, 7) is 4.66. The SMILES string of the molecule is C[C@H](C(=O)NCCc1ccc(S(N)(=O)=O)cc1)[NH+]1CCCC1. The van der Waals surface area contributed by atoms with Crippen LogP contribution in [0, 0.1) is 0 Å². The van der Waals surface area contributed by atoms with E-state index in [0.29, 0.717) is 13.0 Å². The van der Waals surface area contributed by atoms with E-state index in [0.717, 1.165) is 18.7 Å². The first-order valence-corrected chi connectivity index (χ1v) is 9.16. The molecule has 0 radical (unpaired) electrons. The van der Waals surface area contributed by atoms with E-state index in [1.807, 2.05) is 6.92 Å². The third kappa shape index (κ3) is 4.53. The molecule has 1 fully saturated rings. The summed E-state index contributed by atoms with van der Waals surface area (Å²) < 4.78 is 22.3. The molecule has 7 heteroatoms. The van der Waals surface area contributed by atoms with Crippen molar-refractivity contribution in [3.05, 3.63) is 29.8 Å². The smallest absolute Gasteiger partial charge is 0.278 e. The summed E-state index contributed by atoms with van der Waals surface area (Å²) in [5, 5.41) is 8.00. The third-order valence-corrected chi connectivity index (χ3v) is 5.15. The highest BCUT2D eigenvalue weighted by atomic mass is 32.2. The molecule has 2 rings (SSSR count). The molecule has 0 spiro atoms. The standard InChI is InChI=1S/C15H23N3O3S/c1-12(18-10-2-3-11-18)15(19)17-9-8-13-4-6-14(7-5-13)22(16,20)21/h4-7,12H,2-3,8-11H2,1H3,(H,17,19)(H2,16,20,21)/p+1/t12-/m1/s1. The van der Waals surface area contributed by atoms with Crippen molar-refractivity contribution in [2.45, 2.75) is 37.1 Å². The van der Waals surface area contributed by atoms with E-state index in [4.69, 9.17) is 5.14 Å². The number of carbonyl (C=O) groups is 1. The van der Waals surface area contributed by atoms with Crippen LogP contribution in [0.5, 0.6) is 0 Å². The third-order valence-electron chi connectivity index (χ3n) is 4.22. The molecule has 4 N–H and O–H groups in total. The second-order valence-electron chi connectivity index (χ2n) is 5.82. The summed E-state index contributed by atoms with van der Waals surface area (Å²) in [5.74, 6) is 0.0815. The fourth-order valence-corrected chi connectivity index (χ4v) is 3.29. The number of nitrogens with two attached hydrogens (primary N) is 1. The van der Waals surface area contributed by atoms with Gasteiger partial charge in [0.05, 0.1) is 18.0 Å². The predicted octanol–water partition coefficient (Wildman–Crippen LogP) is -0.940. The zero-order chi connectivity index (χ0) is 16.2. The lowest BCUT2D eigenvalue weighted by Gasteiger charge is -2.19. The van der Waals surface area contributed by atoms with Crippen LogP contribution in [0.15, 0.2) is 29.2 Å². The molecule has 1 atom stereocenters. The van der Waals surface area contributed by atoms with Gasteiger partial charge in [0, 0.05) is 19.4 Å². The molecule has 122 valence electrons. The molecule has 0 saturated carbocycles. The van der Waals surface area contributed by atoms with Crippen molar-refractivity contribution < 1.29 is 18.1 Å². The molecule has 0 aliphatic carbocycles. The maximum absolute atomic E-state index is 12.1. The highest BCUT2D eigenvalue weighted by molar-refractivity contribution is 7.89. The van der Waals surface area contributed by atoms with Crippen LogP contribution in [0.25, 0.3) is 0 Å². The Morgan fingerprint density at radius 3 is 2.41 bits per heavy atom. The number of amides is 1. The molecule has 1 aliphatic rings. The van der Waals surface area contributed by atoms with Gasteiger partial charge in [0.1, 0.15) is 0 Å². The van der Waals surface area contributed by atoms with Crippen LogP contribution in [0.2, 0.25) is 0 Å².